The van der Waals surface area contributed by atoms with Crippen molar-refractivity contribution in [2.75, 3.05) is 18.5 Å². The van der Waals surface area contributed by atoms with E-state index in [-0.39, 0.29) is 11.7 Å². The third kappa shape index (κ3) is 3.13. The summed E-state index contributed by atoms with van der Waals surface area (Å²) < 4.78 is 5.65. The molecule has 5 heteroatoms. The van der Waals surface area contributed by atoms with E-state index in [1.165, 1.54) is 0 Å². The lowest BCUT2D eigenvalue weighted by Gasteiger charge is -2.23. The lowest BCUT2D eigenvalue weighted by Crippen LogP contribution is -2.27. The molecule has 2 N–H and O–H groups in total. The number of aromatic carboxylic acids is 1. The Morgan fingerprint density at radius 2 is 2.24 bits per heavy atom. The molecule has 1 atom stereocenters. The van der Waals surface area contributed by atoms with Crippen LogP contribution in [0.1, 0.15) is 29.6 Å². The van der Waals surface area contributed by atoms with E-state index in [9.17, 15) is 9.90 Å². The van der Waals surface area contributed by atoms with Crippen molar-refractivity contribution in [3.05, 3.63) is 35.9 Å². The fourth-order valence-corrected chi connectivity index (χ4v) is 2.59. The zero-order valence-corrected chi connectivity index (χ0v) is 11.7. The number of aromatic nitrogens is 1. The number of para-hydroxylation sites is 1. The number of ether oxygens (including phenoxy) is 1. The summed E-state index contributed by atoms with van der Waals surface area (Å²) in [7, 11) is 0. The molecule has 2 heterocycles. The monoisotopic (exact) mass is 286 g/mol. The molecule has 0 amide bonds. The van der Waals surface area contributed by atoms with Crippen LogP contribution in [0.15, 0.2) is 30.3 Å². The molecule has 2 aromatic rings. The molecule has 110 valence electrons. The van der Waals surface area contributed by atoms with E-state index in [2.05, 4.69) is 10.3 Å². The fourth-order valence-electron chi connectivity index (χ4n) is 2.59. The zero-order chi connectivity index (χ0) is 14.7. The molecule has 0 saturated carbocycles. The zero-order valence-electron chi connectivity index (χ0n) is 11.7. The standard InChI is InChI=1S/C16H18N2O3/c19-16(20)13-9-11-5-1-2-7-14(11)18-15(13)17-10-12-6-3-4-8-21-12/h1-2,5,7,9,12H,3-4,6,8,10H2,(H,17,18)(H,19,20). The first-order valence-electron chi connectivity index (χ1n) is 7.22. The number of hydrogen-bond acceptors (Lipinski definition) is 4. The molecule has 1 aliphatic heterocycles. The maximum atomic E-state index is 11.4. The fraction of sp³-hybridized carbons (Fsp3) is 0.375. The second-order valence-corrected chi connectivity index (χ2v) is 5.25. The van der Waals surface area contributed by atoms with Gasteiger partial charge in [0, 0.05) is 18.5 Å². The summed E-state index contributed by atoms with van der Waals surface area (Å²) >= 11 is 0. The molecule has 0 spiro atoms. The molecule has 5 nitrogen and oxygen atoms in total. The quantitative estimate of drug-likeness (QED) is 0.904. The van der Waals surface area contributed by atoms with Gasteiger partial charge < -0.3 is 15.2 Å². The van der Waals surface area contributed by atoms with Gasteiger partial charge in [-0.15, -0.1) is 0 Å². The minimum Gasteiger partial charge on any atom is -0.478 e. The summed E-state index contributed by atoms with van der Waals surface area (Å²) in [5, 5.41) is 13.3. The van der Waals surface area contributed by atoms with E-state index in [4.69, 9.17) is 4.74 Å². The first kappa shape index (κ1) is 13.8. The van der Waals surface area contributed by atoms with Crippen molar-refractivity contribution in [3.8, 4) is 0 Å². The molecule has 0 bridgehead atoms. The summed E-state index contributed by atoms with van der Waals surface area (Å²) in [6.45, 7) is 1.37. The van der Waals surface area contributed by atoms with E-state index < -0.39 is 5.97 Å². The van der Waals surface area contributed by atoms with Crippen LogP contribution in [0, 0.1) is 0 Å². The molecule has 1 aromatic heterocycles. The van der Waals surface area contributed by atoms with Gasteiger partial charge in [-0.05, 0) is 31.4 Å². The predicted octanol–water partition coefficient (Wildman–Crippen LogP) is 2.91. The third-order valence-corrected chi connectivity index (χ3v) is 3.73. The lowest BCUT2D eigenvalue weighted by molar-refractivity contribution is 0.0247. The number of benzene rings is 1. The number of fused-ring (bicyclic) bond motifs is 1. The molecule has 3 rings (SSSR count). The maximum absolute atomic E-state index is 11.4. The molecule has 1 saturated heterocycles. The van der Waals surface area contributed by atoms with Gasteiger partial charge in [-0.25, -0.2) is 9.78 Å². The normalized spacial score (nSPS) is 18.6. The van der Waals surface area contributed by atoms with Crippen LogP contribution in [0.2, 0.25) is 0 Å². The van der Waals surface area contributed by atoms with Gasteiger partial charge in [-0.1, -0.05) is 18.2 Å². The molecular weight excluding hydrogens is 268 g/mol. The molecule has 1 unspecified atom stereocenters. The van der Waals surface area contributed by atoms with E-state index in [0.717, 1.165) is 36.8 Å². The SMILES string of the molecule is O=C(O)c1cc2ccccc2nc1NCC1CCCCO1. The Bertz CT molecular complexity index is 651. The van der Waals surface area contributed by atoms with Crippen molar-refractivity contribution >= 4 is 22.7 Å². The van der Waals surface area contributed by atoms with E-state index in [1.807, 2.05) is 24.3 Å². The minimum absolute atomic E-state index is 0.133. The Morgan fingerprint density at radius 3 is 3.00 bits per heavy atom. The molecule has 1 fully saturated rings. The van der Waals surface area contributed by atoms with Crippen LogP contribution in [0.3, 0.4) is 0 Å². The number of nitrogens with zero attached hydrogens (tertiary/aromatic N) is 1. The average molecular weight is 286 g/mol. The van der Waals surface area contributed by atoms with Gasteiger partial charge in [-0.2, -0.15) is 0 Å². The Balaban J connectivity index is 1.84. The number of carbonyl (C=O) groups is 1. The molecular formula is C16H18N2O3. The summed E-state index contributed by atoms with van der Waals surface area (Å²) in [6, 6.07) is 9.17. The van der Waals surface area contributed by atoms with E-state index in [0.29, 0.717) is 12.4 Å². The topological polar surface area (TPSA) is 71.5 Å². The van der Waals surface area contributed by atoms with Crippen LogP contribution in [0.25, 0.3) is 10.9 Å². The van der Waals surface area contributed by atoms with Crippen molar-refractivity contribution in [2.45, 2.75) is 25.4 Å². The number of nitrogens with one attached hydrogen (secondary N) is 1. The number of pyridine rings is 1. The Hall–Kier alpha value is -2.14. The highest BCUT2D eigenvalue weighted by atomic mass is 16.5. The summed E-state index contributed by atoms with van der Waals surface area (Å²) in [5.74, 6) is -0.560. The van der Waals surface area contributed by atoms with Gasteiger partial charge in [0.25, 0.3) is 0 Å². The van der Waals surface area contributed by atoms with Crippen LogP contribution in [-0.4, -0.2) is 35.3 Å². The summed E-state index contributed by atoms with van der Waals surface area (Å²) in [6.07, 6.45) is 3.39. The van der Waals surface area contributed by atoms with Gasteiger partial charge in [0.15, 0.2) is 0 Å². The molecule has 1 aliphatic rings. The lowest BCUT2D eigenvalue weighted by atomic mass is 10.1. The summed E-state index contributed by atoms with van der Waals surface area (Å²) in [4.78, 5) is 15.8. The molecule has 0 aliphatic carbocycles. The second-order valence-electron chi connectivity index (χ2n) is 5.25. The van der Waals surface area contributed by atoms with E-state index in [1.54, 1.807) is 6.07 Å². The first-order chi connectivity index (χ1) is 10.2. The number of anilines is 1. The summed E-state index contributed by atoms with van der Waals surface area (Å²) in [5.41, 5.74) is 0.985. The third-order valence-electron chi connectivity index (χ3n) is 3.73. The smallest absolute Gasteiger partial charge is 0.339 e. The number of hydrogen-bond donors (Lipinski definition) is 2. The van der Waals surface area contributed by atoms with E-state index >= 15 is 0 Å². The van der Waals surface area contributed by atoms with Gasteiger partial charge in [0.2, 0.25) is 0 Å². The largest absolute Gasteiger partial charge is 0.478 e. The Morgan fingerprint density at radius 1 is 1.38 bits per heavy atom. The van der Waals surface area contributed by atoms with Gasteiger partial charge in [0.1, 0.15) is 11.4 Å². The van der Waals surface area contributed by atoms with Crippen LogP contribution in [-0.2, 0) is 4.74 Å². The van der Waals surface area contributed by atoms with Crippen LogP contribution >= 0.6 is 0 Å². The minimum atomic E-state index is -0.972. The number of carboxylic acids is 1. The van der Waals surface area contributed by atoms with Crippen LogP contribution < -0.4 is 5.32 Å². The van der Waals surface area contributed by atoms with Crippen molar-refractivity contribution in [3.63, 3.8) is 0 Å². The predicted molar refractivity (Wildman–Crippen MR) is 80.8 cm³/mol. The molecule has 1 aromatic carbocycles. The Labute approximate surface area is 123 Å². The highest BCUT2D eigenvalue weighted by Gasteiger charge is 2.17. The maximum Gasteiger partial charge on any atom is 0.339 e. The average Bonchev–Trinajstić information content (AvgIpc) is 2.53. The number of rotatable bonds is 4. The van der Waals surface area contributed by atoms with Gasteiger partial charge in [-0.3, -0.25) is 0 Å². The first-order valence-corrected chi connectivity index (χ1v) is 7.22. The van der Waals surface area contributed by atoms with Crippen molar-refractivity contribution in [1.29, 1.82) is 0 Å². The van der Waals surface area contributed by atoms with Crippen molar-refractivity contribution in [1.82, 2.24) is 4.98 Å². The van der Waals surface area contributed by atoms with Crippen LogP contribution in [0.5, 0.6) is 0 Å². The second kappa shape index (κ2) is 6.10. The van der Waals surface area contributed by atoms with Gasteiger partial charge >= 0.3 is 5.97 Å². The molecule has 21 heavy (non-hydrogen) atoms. The number of carboxylic acid groups (broad SMARTS) is 1. The van der Waals surface area contributed by atoms with Crippen molar-refractivity contribution in [2.24, 2.45) is 0 Å². The highest BCUT2D eigenvalue weighted by molar-refractivity contribution is 5.98. The Kier molecular flexibility index (Phi) is 4.01. The molecule has 0 radical (unpaired) electrons. The van der Waals surface area contributed by atoms with Crippen molar-refractivity contribution < 1.29 is 14.6 Å². The van der Waals surface area contributed by atoms with Gasteiger partial charge in [0.05, 0.1) is 11.6 Å². The van der Waals surface area contributed by atoms with Crippen LogP contribution in [0.4, 0.5) is 5.82 Å². The highest BCUT2D eigenvalue weighted by Crippen LogP contribution is 2.21.